The molecular weight excluding hydrogens is 296 g/mol. The first-order valence-corrected chi connectivity index (χ1v) is 6.63. The number of hydrogen-bond donors (Lipinski definition) is 0. The summed E-state index contributed by atoms with van der Waals surface area (Å²) in [4.78, 5) is 28.1. The van der Waals surface area contributed by atoms with Crippen LogP contribution in [0.3, 0.4) is 0 Å². The van der Waals surface area contributed by atoms with Crippen LogP contribution in [0, 0.1) is 0 Å². The summed E-state index contributed by atoms with van der Waals surface area (Å²) in [6, 6.07) is 5.08. The zero-order chi connectivity index (χ0) is 15.1. The highest BCUT2D eigenvalue weighted by atomic mass is 35.5. The fourth-order valence-electron chi connectivity index (χ4n) is 2.13. The molecule has 108 valence electrons. The van der Waals surface area contributed by atoms with E-state index in [1.807, 2.05) is 0 Å². The predicted molar refractivity (Wildman–Crippen MR) is 76.7 cm³/mol. The standard InChI is InChI=1S/C13H11ClN4O3/c1-3-21-12(19)10-15-11-8-6-7(14)4-5-9(8)17(2)13(20)18(11)16-10/h4-6H,3H2,1-2H3. The molecule has 21 heavy (non-hydrogen) atoms. The molecule has 0 bridgehead atoms. The SMILES string of the molecule is CCOC(=O)c1nc2c3cc(Cl)ccc3n(C)c(=O)n2n1. The zero-order valence-electron chi connectivity index (χ0n) is 11.3. The van der Waals surface area contributed by atoms with Gasteiger partial charge in [-0.2, -0.15) is 4.52 Å². The van der Waals surface area contributed by atoms with Gasteiger partial charge in [0.15, 0.2) is 5.65 Å². The van der Waals surface area contributed by atoms with Crippen molar-refractivity contribution in [1.82, 2.24) is 19.2 Å². The van der Waals surface area contributed by atoms with Gasteiger partial charge in [0.25, 0.3) is 5.82 Å². The van der Waals surface area contributed by atoms with E-state index in [1.54, 1.807) is 32.2 Å². The van der Waals surface area contributed by atoms with E-state index in [-0.39, 0.29) is 18.1 Å². The lowest BCUT2D eigenvalue weighted by atomic mass is 10.2. The van der Waals surface area contributed by atoms with Gasteiger partial charge in [0.05, 0.1) is 12.1 Å². The summed E-state index contributed by atoms with van der Waals surface area (Å²) in [7, 11) is 1.61. The van der Waals surface area contributed by atoms with Crippen LogP contribution in [0.1, 0.15) is 17.5 Å². The van der Waals surface area contributed by atoms with Gasteiger partial charge in [-0.1, -0.05) is 11.6 Å². The number of carbonyl (C=O) groups excluding carboxylic acids is 1. The summed E-state index contributed by atoms with van der Waals surface area (Å²) in [6.45, 7) is 1.89. The van der Waals surface area contributed by atoms with Crippen molar-refractivity contribution >= 4 is 34.1 Å². The minimum Gasteiger partial charge on any atom is -0.460 e. The molecule has 0 aliphatic rings. The van der Waals surface area contributed by atoms with Gasteiger partial charge in [0.2, 0.25) is 0 Å². The molecule has 3 rings (SSSR count). The molecule has 0 saturated heterocycles. The van der Waals surface area contributed by atoms with E-state index >= 15 is 0 Å². The van der Waals surface area contributed by atoms with Crippen LogP contribution in [0.15, 0.2) is 23.0 Å². The van der Waals surface area contributed by atoms with Crippen LogP contribution in [0.25, 0.3) is 16.6 Å². The Bertz CT molecular complexity index is 928. The first-order chi connectivity index (χ1) is 10.0. The van der Waals surface area contributed by atoms with Crippen molar-refractivity contribution in [1.29, 1.82) is 0 Å². The highest BCUT2D eigenvalue weighted by Gasteiger charge is 2.18. The maximum atomic E-state index is 12.3. The van der Waals surface area contributed by atoms with Crippen molar-refractivity contribution in [3.05, 3.63) is 39.5 Å². The number of carbonyl (C=O) groups is 1. The Labute approximate surface area is 123 Å². The third kappa shape index (κ3) is 2.06. The van der Waals surface area contributed by atoms with Crippen LogP contribution in [-0.2, 0) is 11.8 Å². The van der Waals surface area contributed by atoms with Crippen LogP contribution < -0.4 is 5.69 Å². The Morgan fingerprint density at radius 2 is 2.19 bits per heavy atom. The van der Waals surface area contributed by atoms with E-state index in [4.69, 9.17) is 16.3 Å². The van der Waals surface area contributed by atoms with Crippen LogP contribution in [0.5, 0.6) is 0 Å². The van der Waals surface area contributed by atoms with Crippen molar-refractivity contribution in [2.45, 2.75) is 6.92 Å². The van der Waals surface area contributed by atoms with Crippen LogP contribution >= 0.6 is 11.6 Å². The summed E-state index contributed by atoms with van der Waals surface area (Å²) in [5.74, 6) is -0.820. The number of fused-ring (bicyclic) bond motifs is 3. The van der Waals surface area contributed by atoms with Gasteiger partial charge in [-0.15, -0.1) is 5.10 Å². The fourth-order valence-corrected chi connectivity index (χ4v) is 2.30. The number of aromatic nitrogens is 4. The number of hydrogen-bond acceptors (Lipinski definition) is 5. The largest absolute Gasteiger partial charge is 0.460 e. The molecule has 0 aliphatic heterocycles. The maximum absolute atomic E-state index is 12.3. The first-order valence-electron chi connectivity index (χ1n) is 6.25. The summed E-state index contributed by atoms with van der Waals surface area (Å²) in [6.07, 6.45) is 0. The molecule has 2 aromatic heterocycles. The highest BCUT2D eigenvalue weighted by Crippen LogP contribution is 2.21. The molecule has 0 amide bonds. The number of rotatable bonds is 2. The predicted octanol–water partition coefficient (Wildman–Crippen LogP) is 1.41. The number of aryl methyl sites for hydroxylation is 1. The normalized spacial score (nSPS) is 11.2. The molecule has 0 radical (unpaired) electrons. The van der Waals surface area contributed by atoms with Crippen molar-refractivity contribution in [3.8, 4) is 0 Å². The molecular formula is C13H11ClN4O3. The molecule has 0 N–H and O–H groups in total. The van der Waals surface area contributed by atoms with E-state index in [0.29, 0.717) is 15.9 Å². The lowest BCUT2D eigenvalue weighted by Gasteiger charge is -2.05. The summed E-state index contributed by atoms with van der Waals surface area (Å²) >= 11 is 5.99. The topological polar surface area (TPSA) is 78.5 Å². The summed E-state index contributed by atoms with van der Waals surface area (Å²) < 4.78 is 7.34. The van der Waals surface area contributed by atoms with Crippen molar-refractivity contribution in [2.24, 2.45) is 7.05 Å². The van der Waals surface area contributed by atoms with Gasteiger partial charge >= 0.3 is 11.7 Å². The zero-order valence-corrected chi connectivity index (χ0v) is 12.1. The third-order valence-corrected chi connectivity index (χ3v) is 3.33. The van der Waals surface area contributed by atoms with Gasteiger partial charge in [-0.05, 0) is 25.1 Å². The summed E-state index contributed by atoms with van der Waals surface area (Å²) in [5.41, 5.74) is 0.529. The quantitative estimate of drug-likeness (QED) is 0.669. The number of nitrogens with zero attached hydrogens (tertiary/aromatic N) is 4. The molecule has 1 aromatic carbocycles. The molecule has 7 nitrogen and oxygen atoms in total. The second-order valence-corrected chi connectivity index (χ2v) is 4.83. The number of halogens is 1. The van der Waals surface area contributed by atoms with E-state index in [1.165, 1.54) is 4.57 Å². The van der Waals surface area contributed by atoms with Gasteiger partial charge in [-0.3, -0.25) is 4.57 Å². The van der Waals surface area contributed by atoms with Crippen LogP contribution in [0.2, 0.25) is 5.02 Å². The van der Waals surface area contributed by atoms with Crippen LogP contribution in [-0.4, -0.2) is 31.7 Å². The molecule has 8 heteroatoms. The molecule has 0 fully saturated rings. The first kappa shape index (κ1) is 13.6. The van der Waals surface area contributed by atoms with Gasteiger partial charge in [0.1, 0.15) is 0 Å². The van der Waals surface area contributed by atoms with Crippen LogP contribution in [0.4, 0.5) is 0 Å². The average molecular weight is 307 g/mol. The Hall–Kier alpha value is -2.41. The lowest BCUT2D eigenvalue weighted by molar-refractivity contribution is 0.0512. The number of esters is 1. The number of ether oxygens (including phenoxy) is 1. The molecule has 0 aliphatic carbocycles. The Morgan fingerprint density at radius 1 is 1.43 bits per heavy atom. The molecule has 0 saturated carbocycles. The van der Waals surface area contributed by atoms with Gasteiger partial charge in [0, 0.05) is 17.5 Å². The Balaban J connectivity index is 2.40. The smallest absolute Gasteiger partial charge is 0.378 e. The van der Waals surface area contributed by atoms with Gasteiger partial charge < -0.3 is 4.74 Å². The summed E-state index contributed by atoms with van der Waals surface area (Å²) in [5, 5.41) is 5.06. The lowest BCUT2D eigenvalue weighted by Crippen LogP contribution is -2.25. The van der Waals surface area contributed by atoms with E-state index in [0.717, 1.165) is 4.52 Å². The van der Waals surface area contributed by atoms with E-state index in [9.17, 15) is 9.59 Å². The Morgan fingerprint density at radius 3 is 2.90 bits per heavy atom. The molecule has 2 heterocycles. The third-order valence-electron chi connectivity index (χ3n) is 3.09. The van der Waals surface area contributed by atoms with Gasteiger partial charge in [-0.25, -0.2) is 14.6 Å². The molecule has 3 aromatic rings. The minimum absolute atomic E-state index is 0.151. The monoisotopic (exact) mass is 306 g/mol. The van der Waals surface area contributed by atoms with Crippen molar-refractivity contribution in [3.63, 3.8) is 0 Å². The molecule has 0 atom stereocenters. The Kier molecular flexibility index (Phi) is 3.13. The number of benzene rings is 1. The second kappa shape index (κ2) is 4.85. The van der Waals surface area contributed by atoms with E-state index in [2.05, 4.69) is 10.1 Å². The van der Waals surface area contributed by atoms with E-state index < -0.39 is 11.7 Å². The van der Waals surface area contributed by atoms with Crippen molar-refractivity contribution < 1.29 is 9.53 Å². The fraction of sp³-hybridized carbons (Fsp3) is 0.231. The molecule has 0 spiro atoms. The van der Waals surface area contributed by atoms with Crippen molar-refractivity contribution in [2.75, 3.05) is 6.61 Å². The maximum Gasteiger partial charge on any atom is 0.378 e. The molecule has 0 unspecified atom stereocenters. The minimum atomic E-state index is -0.668. The highest BCUT2D eigenvalue weighted by molar-refractivity contribution is 6.31. The second-order valence-electron chi connectivity index (χ2n) is 4.39. The average Bonchev–Trinajstić information content (AvgIpc) is 2.90.